The van der Waals surface area contributed by atoms with Crippen molar-refractivity contribution in [3.05, 3.63) is 64.8 Å². The highest BCUT2D eigenvalue weighted by Crippen LogP contribution is 2.13. The highest BCUT2D eigenvalue weighted by Gasteiger charge is 2.09. The smallest absolute Gasteiger partial charge is 0.244 e. The Morgan fingerprint density at radius 1 is 1.30 bits per heavy atom. The number of furan rings is 1. The molecule has 0 bridgehead atoms. The minimum absolute atomic E-state index is 0.213. The lowest BCUT2D eigenvalue weighted by molar-refractivity contribution is -0.116. The Balaban J connectivity index is 1.64. The van der Waals surface area contributed by atoms with E-state index in [1.165, 1.54) is 6.08 Å². The van der Waals surface area contributed by atoms with Gasteiger partial charge in [0.2, 0.25) is 5.91 Å². The second kappa shape index (κ2) is 7.01. The maximum atomic E-state index is 11.8. The molecule has 3 rings (SSSR count). The zero-order valence-electron chi connectivity index (χ0n) is 11.9. The zero-order valence-corrected chi connectivity index (χ0v) is 13.5. The molecule has 116 valence electrons. The third-order valence-corrected chi connectivity index (χ3v) is 3.50. The van der Waals surface area contributed by atoms with Crippen molar-refractivity contribution in [3.63, 3.8) is 0 Å². The average molecular weight is 374 g/mol. The summed E-state index contributed by atoms with van der Waals surface area (Å²) >= 11 is 3.38. The van der Waals surface area contributed by atoms with Crippen LogP contribution in [0.25, 0.3) is 11.8 Å². The van der Waals surface area contributed by atoms with Crippen molar-refractivity contribution in [2.45, 2.75) is 6.54 Å². The van der Waals surface area contributed by atoms with E-state index in [1.807, 2.05) is 24.3 Å². The van der Waals surface area contributed by atoms with E-state index in [1.54, 1.807) is 29.2 Å². The summed E-state index contributed by atoms with van der Waals surface area (Å²) < 4.78 is 7.65. The van der Waals surface area contributed by atoms with Crippen LogP contribution in [0.15, 0.2) is 57.6 Å². The second-order valence-corrected chi connectivity index (χ2v) is 5.47. The molecule has 0 radical (unpaired) electrons. The van der Waals surface area contributed by atoms with E-state index in [0.29, 0.717) is 11.6 Å². The Hall–Kier alpha value is -2.74. The lowest BCUT2D eigenvalue weighted by Gasteiger charge is -2.05. The van der Waals surface area contributed by atoms with Gasteiger partial charge in [-0.1, -0.05) is 15.9 Å². The Morgan fingerprint density at radius 2 is 2.13 bits per heavy atom. The number of halogens is 1. The third-order valence-electron chi connectivity index (χ3n) is 2.97. The van der Waals surface area contributed by atoms with Gasteiger partial charge in [-0.2, -0.15) is 4.68 Å². The molecule has 8 heteroatoms. The third kappa shape index (κ3) is 3.92. The SMILES string of the molecule is O=C(/C=C/c1ccco1)NCc1nnnn1-c1ccc(Br)cc1. The predicted molar refractivity (Wildman–Crippen MR) is 86.4 cm³/mol. The molecule has 0 aliphatic carbocycles. The summed E-state index contributed by atoms with van der Waals surface area (Å²) in [5, 5.41) is 14.2. The van der Waals surface area contributed by atoms with Gasteiger partial charge in [-0.05, 0) is 52.9 Å². The van der Waals surface area contributed by atoms with Gasteiger partial charge in [0.05, 0.1) is 18.5 Å². The Bertz CT molecular complexity index is 809. The van der Waals surface area contributed by atoms with Crippen molar-refractivity contribution in [2.75, 3.05) is 0 Å². The van der Waals surface area contributed by atoms with E-state index in [-0.39, 0.29) is 12.5 Å². The monoisotopic (exact) mass is 373 g/mol. The number of aromatic nitrogens is 4. The normalized spacial score (nSPS) is 11.0. The van der Waals surface area contributed by atoms with Crippen LogP contribution in [0.1, 0.15) is 11.6 Å². The van der Waals surface area contributed by atoms with E-state index in [2.05, 4.69) is 36.8 Å². The standard InChI is InChI=1S/C15H12BrN5O2/c16-11-3-5-12(6-4-11)21-14(18-19-20-21)10-17-15(22)8-7-13-2-1-9-23-13/h1-9H,10H2,(H,17,22)/b8-7+. The summed E-state index contributed by atoms with van der Waals surface area (Å²) in [5.41, 5.74) is 0.813. The molecule has 23 heavy (non-hydrogen) atoms. The average Bonchev–Trinajstić information content (AvgIpc) is 3.23. The molecular weight excluding hydrogens is 362 g/mol. The number of carbonyl (C=O) groups excluding carboxylic acids is 1. The minimum Gasteiger partial charge on any atom is -0.465 e. The van der Waals surface area contributed by atoms with Crippen molar-refractivity contribution in [2.24, 2.45) is 0 Å². The van der Waals surface area contributed by atoms with Crippen LogP contribution >= 0.6 is 15.9 Å². The Labute approximate surface area is 140 Å². The summed E-state index contributed by atoms with van der Waals surface area (Å²) in [6.07, 6.45) is 4.53. The molecule has 1 aromatic carbocycles. The lowest BCUT2D eigenvalue weighted by atomic mass is 10.3. The van der Waals surface area contributed by atoms with E-state index in [4.69, 9.17) is 4.42 Å². The fourth-order valence-corrected chi connectivity index (χ4v) is 2.13. The van der Waals surface area contributed by atoms with Crippen LogP contribution < -0.4 is 5.32 Å². The molecule has 0 fully saturated rings. The summed E-state index contributed by atoms with van der Waals surface area (Å²) in [5.74, 6) is 0.888. The van der Waals surface area contributed by atoms with Crippen molar-refractivity contribution < 1.29 is 9.21 Å². The number of carbonyl (C=O) groups is 1. The number of tetrazole rings is 1. The Kier molecular flexibility index (Phi) is 4.62. The van der Waals surface area contributed by atoms with Crippen LogP contribution in [0.5, 0.6) is 0 Å². The summed E-state index contributed by atoms with van der Waals surface area (Å²) in [6.45, 7) is 0.213. The van der Waals surface area contributed by atoms with Crippen LogP contribution in [0.3, 0.4) is 0 Å². The van der Waals surface area contributed by atoms with Crippen LogP contribution in [-0.4, -0.2) is 26.1 Å². The molecule has 0 saturated heterocycles. The van der Waals surface area contributed by atoms with Crippen LogP contribution in [0, 0.1) is 0 Å². The number of rotatable bonds is 5. The molecule has 0 atom stereocenters. The quantitative estimate of drug-likeness (QED) is 0.693. The summed E-state index contributed by atoms with van der Waals surface area (Å²) in [7, 11) is 0. The highest BCUT2D eigenvalue weighted by molar-refractivity contribution is 9.10. The molecule has 0 aliphatic rings. The number of hydrogen-bond acceptors (Lipinski definition) is 5. The van der Waals surface area contributed by atoms with Gasteiger partial charge in [-0.15, -0.1) is 5.10 Å². The number of benzene rings is 1. The predicted octanol–water partition coefficient (Wildman–Crippen LogP) is 2.35. The first-order chi connectivity index (χ1) is 11.2. The number of hydrogen-bond donors (Lipinski definition) is 1. The van der Waals surface area contributed by atoms with Gasteiger partial charge in [-0.3, -0.25) is 4.79 Å². The molecule has 7 nitrogen and oxygen atoms in total. The van der Waals surface area contributed by atoms with Crippen LogP contribution in [-0.2, 0) is 11.3 Å². The highest BCUT2D eigenvalue weighted by atomic mass is 79.9. The fourth-order valence-electron chi connectivity index (χ4n) is 1.87. The van der Waals surface area contributed by atoms with Gasteiger partial charge in [0.15, 0.2) is 5.82 Å². The second-order valence-electron chi connectivity index (χ2n) is 4.55. The first kappa shape index (κ1) is 15.2. The van der Waals surface area contributed by atoms with Gasteiger partial charge in [-0.25, -0.2) is 0 Å². The summed E-state index contributed by atoms with van der Waals surface area (Å²) in [4.78, 5) is 11.8. The number of nitrogens with one attached hydrogen (secondary N) is 1. The van der Waals surface area contributed by atoms with Crippen LogP contribution in [0.2, 0.25) is 0 Å². The molecule has 0 unspecified atom stereocenters. The lowest BCUT2D eigenvalue weighted by Crippen LogP contribution is -2.22. The fraction of sp³-hybridized carbons (Fsp3) is 0.0667. The van der Waals surface area contributed by atoms with E-state index < -0.39 is 0 Å². The van der Waals surface area contributed by atoms with E-state index >= 15 is 0 Å². The minimum atomic E-state index is -0.258. The van der Waals surface area contributed by atoms with Crippen molar-refractivity contribution in [3.8, 4) is 5.69 Å². The molecule has 0 aliphatic heterocycles. The maximum Gasteiger partial charge on any atom is 0.244 e. The first-order valence-corrected chi connectivity index (χ1v) is 7.54. The van der Waals surface area contributed by atoms with Crippen molar-refractivity contribution >= 4 is 27.9 Å². The number of nitrogens with zero attached hydrogens (tertiary/aromatic N) is 4. The van der Waals surface area contributed by atoms with Gasteiger partial charge in [0.1, 0.15) is 5.76 Å². The van der Waals surface area contributed by atoms with Gasteiger partial charge in [0.25, 0.3) is 0 Å². The number of amides is 1. The molecule has 3 aromatic rings. The van der Waals surface area contributed by atoms with Crippen LogP contribution in [0.4, 0.5) is 0 Å². The van der Waals surface area contributed by atoms with E-state index in [0.717, 1.165) is 10.2 Å². The molecule has 2 heterocycles. The first-order valence-electron chi connectivity index (χ1n) is 6.75. The van der Waals surface area contributed by atoms with E-state index in [9.17, 15) is 4.79 Å². The molecule has 0 spiro atoms. The maximum absolute atomic E-state index is 11.8. The largest absolute Gasteiger partial charge is 0.465 e. The summed E-state index contributed by atoms with van der Waals surface area (Å²) in [6, 6.07) is 11.1. The topological polar surface area (TPSA) is 85.8 Å². The van der Waals surface area contributed by atoms with Crippen molar-refractivity contribution in [1.82, 2.24) is 25.5 Å². The zero-order chi connectivity index (χ0) is 16.1. The molecular formula is C15H12BrN5O2. The molecule has 0 saturated carbocycles. The van der Waals surface area contributed by atoms with Crippen molar-refractivity contribution in [1.29, 1.82) is 0 Å². The molecule has 2 aromatic heterocycles. The molecule has 1 N–H and O–H groups in total. The van der Waals surface area contributed by atoms with Gasteiger partial charge >= 0.3 is 0 Å². The van der Waals surface area contributed by atoms with Gasteiger partial charge in [0, 0.05) is 10.5 Å². The van der Waals surface area contributed by atoms with Gasteiger partial charge < -0.3 is 9.73 Å². The molecule has 1 amide bonds. The Morgan fingerprint density at radius 3 is 2.87 bits per heavy atom.